The summed E-state index contributed by atoms with van der Waals surface area (Å²) < 4.78 is 15.2. The number of hydrogen-bond acceptors (Lipinski definition) is 7. The quantitative estimate of drug-likeness (QED) is 0.704. The van der Waals surface area contributed by atoms with Crippen molar-refractivity contribution in [2.75, 3.05) is 39.9 Å². The monoisotopic (exact) mass is 444 g/mol. The number of aromatic nitrogens is 2. The molecule has 2 amide bonds. The highest BCUT2D eigenvalue weighted by Gasteiger charge is 2.42. The second-order valence-corrected chi connectivity index (χ2v) is 8.93. The number of piperidine rings is 1. The number of benzene rings is 1. The van der Waals surface area contributed by atoms with E-state index in [1.54, 1.807) is 7.11 Å². The van der Waals surface area contributed by atoms with E-state index >= 15 is 0 Å². The van der Waals surface area contributed by atoms with Crippen LogP contribution in [0.25, 0.3) is 0 Å². The lowest BCUT2D eigenvalue weighted by Gasteiger charge is -2.47. The Kier molecular flexibility index (Phi) is 6.52. The Balaban J connectivity index is 1.29. The molecular weight excluding hydrogens is 416 g/mol. The van der Waals surface area contributed by atoms with E-state index in [2.05, 4.69) is 9.59 Å². The predicted molar refractivity (Wildman–Crippen MR) is 116 cm³/mol. The number of hydrogen-bond donors (Lipinski definition) is 0. The third-order valence-electron chi connectivity index (χ3n) is 6.20. The lowest BCUT2D eigenvalue weighted by atomic mass is 9.89. The first kappa shape index (κ1) is 21.7. The van der Waals surface area contributed by atoms with Crippen molar-refractivity contribution < 1.29 is 19.1 Å². The summed E-state index contributed by atoms with van der Waals surface area (Å²) >= 11 is 1.14. The molecule has 2 saturated heterocycles. The molecule has 2 aliphatic rings. The molecule has 0 bridgehead atoms. The molecule has 0 unspecified atom stereocenters. The van der Waals surface area contributed by atoms with Crippen LogP contribution in [0, 0.1) is 6.92 Å². The first-order valence-corrected chi connectivity index (χ1v) is 11.4. The van der Waals surface area contributed by atoms with Gasteiger partial charge >= 0.3 is 0 Å². The van der Waals surface area contributed by atoms with E-state index < -0.39 is 0 Å². The van der Waals surface area contributed by atoms with Gasteiger partial charge in [0.25, 0.3) is 5.91 Å². The predicted octanol–water partition coefficient (Wildman–Crippen LogP) is 2.32. The average molecular weight is 445 g/mol. The van der Waals surface area contributed by atoms with Crippen molar-refractivity contribution in [3.8, 4) is 5.75 Å². The van der Waals surface area contributed by atoms with Gasteiger partial charge < -0.3 is 19.3 Å². The largest absolute Gasteiger partial charge is 0.497 e. The Labute approximate surface area is 186 Å². The van der Waals surface area contributed by atoms with Gasteiger partial charge in [-0.1, -0.05) is 16.6 Å². The van der Waals surface area contributed by atoms with Crippen LogP contribution in [-0.4, -0.2) is 76.7 Å². The fourth-order valence-electron chi connectivity index (χ4n) is 4.26. The van der Waals surface area contributed by atoms with Gasteiger partial charge in [0.15, 0.2) is 0 Å². The highest BCUT2D eigenvalue weighted by atomic mass is 32.1. The SMILES string of the molecule is COc1ccc(CCC(=O)N2CCC3(CC2)CN(C(=O)c2snnc2C)CCO3)cc1. The molecule has 8 nitrogen and oxygen atoms in total. The third-order valence-corrected chi connectivity index (χ3v) is 7.01. The summed E-state index contributed by atoms with van der Waals surface area (Å²) in [6.45, 7) is 4.76. The van der Waals surface area contributed by atoms with Gasteiger partial charge in [-0.3, -0.25) is 9.59 Å². The minimum Gasteiger partial charge on any atom is -0.497 e. The van der Waals surface area contributed by atoms with Gasteiger partial charge in [0.05, 0.1) is 31.6 Å². The zero-order valence-corrected chi connectivity index (χ0v) is 18.8. The molecule has 2 aliphatic heterocycles. The van der Waals surface area contributed by atoms with E-state index in [0.717, 1.165) is 35.7 Å². The highest BCUT2D eigenvalue weighted by molar-refractivity contribution is 7.07. The first-order valence-electron chi connectivity index (χ1n) is 10.6. The van der Waals surface area contributed by atoms with Crippen LogP contribution >= 0.6 is 11.5 Å². The number of carbonyl (C=O) groups is 2. The van der Waals surface area contributed by atoms with Gasteiger partial charge in [0.2, 0.25) is 5.91 Å². The summed E-state index contributed by atoms with van der Waals surface area (Å²) in [5.74, 6) is 0.965. The van der Waals surface area contributed by atoms with Crippen molar-refractivity contribution in [2.24, 2.45) is 0 Å². The lowest BCUT2D eigenvalue weighted by molar-refractivity contribution is -0.146. The Hall–Kier alpha value is -2.52. The summed E-state index contributed by atoms with van der Waals surface area (Å²) in [5.41, 5.74) is 1.43. The van der Waals surface area contributed by atoms with Crippen LogP contribution in [0.4, 0.5) is 0 Å². The van der Waals surface area contributed by atoms with Crippen LogP contribution in [0.15, 0.2) is 24.3 Å². The summed E-state index contributed by atoms with van der Waals surface area (Å²) in [6.07, 6.45) is 2.68. The molecule has 2 fully saturated rings. The molecule has 0 radical (unpaired) electrons. The standard InChI is InChI=1S/C22H28N4O4S/c1-16-20(31-24-23-16)21(28)26-13-14-30-22(15-26)9-11-25(12-10-22)19(27)8-5-17-3-6-18(29-2)7-4-17/h3-4,6-7H,5,8-15H2,1-2H3. The molecule has 4 rings (SSSR count). The van der Waals surface area contributed by atoms with E-state index in [9.17, 15) is 9.59 Å². The van der Waals surface area contributed by atoms with Crippen molar-refractivity contribution >= 4 is 23.3 Å². The molecule has 9 heteroatoms. The molecule has 2 aromatic rings. The molecule has 3 heterocycles. The molecule has 0 N–H and O–H groups in total. The number of carbonyl (C=O) groups excluding carboxylic acids is 2. The first-order chi connectivity index (χ1) is 15.0. The van der Waals surface area contributed by atoms with Crippen LogP contribution in [0.5, 0.6) is 5.75 Å². The topological polar surface area (TPSA) is 84.9 Å². The van der Waals surface area contributed by atoms with E-state index in [0.29, 0.717) is 56.2 Å². The van der Waals surface area contributed by atoms with Crippen molar-refractivity contribution in [1.29, 1.82) is 0 Å². The number of nitrogens with zero attached hydrogens (tertiary/aromatic N) is 4. The maximum absolute atomic E-state index is 12.9. The van der Waals surface area contributed by atoms with Crippen LogP contribution in [0.2, 0.25) is 0 Å². The second-order valence-electron chi connectivity index (χ2n) is 8.17. The maximum atomic E-state index is 12.9. The molecule has 1 spiro atoms. The van der Waals surface area contributed by atoms with E-state index in [1.807, 2.05) is 41.0 Å². The summed E-state index contributed by atoms with van der Waals surface area (Å²) in [6, 6.07) is 7.84. The Morgan fingerprint density at radius 1 is 1.16 bits per heavy atom. The van der Waals surface area contributed by atoms with Gasteiger partial charge in [-0.15, -0.1) is 5.10 Å². The number of morpholine rings is 1. The van der Waals surface area contributed by atoms with Crippen LogP contribution in [0.3, 0.4) is 0 Å². The zero-order valence-electron chi connectivity index (χ0n) is 18.0. The average Bonchev–Trinajstić information content (AvgIpc) is 3.23. The number of rotatable bonds is 5. The second kappa shape index (κ2) is 9.32. The normalized spacial score (nSPS) is 18.3. The van der Waals surface area contributed by atoms with Crippen LogP contribution in [-0.2, 0) is 16.0 Å². The van der Waals surface area contributed by atoms with Gasteiger partial charge in [0.1, 0.15) is 10.6 Å². The molecule has 1 aromatic carbocycles. The van der Waals surface area contributed by atoms with Crippen LogP contribution in [0.1, 0.15) is 40.2 Å². The fraction of sp³-hybridized carbons (Fsp3) is 0.545. The molecule has 0 aliphatic carbocycles. The lowest BCUT2D eigenvalue weighted by Crippen LogP contribution is -2.58. The highest BCUT2D eigenvalue weighted by Crippen LogP contribution is 2.31. The van der Waals surface area contributed by atoms with E-state index in [4.69, 9.17) is 9.47 Å². The number of amides is 2. The molecular formula is C22H28N4O4S. The van der Waals surface area contributed by atoms with Crippen molar-refractivity contribution in [3.63, 3.8) is 0 Å². The van der Waals surface area contributed by atoms with Gasteiger partial charge in [-0.25, -0.2) is 0 Å². The number of ether oxygens (including phenoxy) is 2. The third kappa shape index (κ3) is 4.88. The van der Waals surface area contributed by atoms with Crippen molar-refractivity contribution in [1.82, 2.24) is 19.4 Å². The molecule has 166 valence electrons. The molecule has 0 atom stereocenters. The Morgan fingerprint density at radius 3 is 2.55 bits per heavy atom. The molecule has 31 heavy (non-hydrogen) atoms. The van der Waals surface area contributed by atoms with Crippen LogP contribution < -0.4 is 4.74 Å². The van der Waals surface area contributed by atoms with Gasteiger partial charge in [-0.2, -0.15) is 0 Å². The fourth-order valence-corrected chi connectivity index (χ4v) is 4.88. The Morgan fingerprint density at radius 2 is 1.90 bits per heavy atom. The maximum Gasteiger partial charge on any atom is 0.267 e. The number of methoxy groups -OCH3 is 1. The summed E-state index contributed by atoms with van der Waals surface area (Å²) in [4.78, 5) is 30.0. The van der Waals surface area contributed by atoms with Crippen molar-refractivity contribution in [2.45, 2.75) is 38.2 Å². The van der Waals surface area contributed by atoms with E-state index in [-0.39, 0.29) is 17.4 Å². The number of aryl methyl sites for hydroxylation is 2. The minimum absolute atomic E-state index is 0.0202. The summed E-state index contributed by atoms with van der Waals surface area (Å²) in [7, 11) is 1.64. The molecule has 0 saturated carbocycles. The van der Waals surface area contributed by atoms with Gasteiger partial charge in [-0.05, 0) is 55.4 Å². The number of likely N-dealkylation sites (tertiary alicyclic amines) is 1. The van der Waals surface area contributed by atoms with Gasteiger partial charge in [0, 0.05) is 26.1 Å². The summed E-state index contributed by atoms with van der Waals surface area (Å²) in [5, 5.41) is 3.95. The Bertz CT molecular complexity index is 922. The molecule has 1 aromatic heterocycles. The van der Waals surface area contributed by atoms with E-state index in [1.165, 1.54) is 0 Å². The zero-order chi connectivity index (χ0) is 21.8. The minimum atomic E-state index is -0.368. The smallest absolute Gasteiger partial charge is 0.267 e. The van der Waals surface area contributed by atoms with Crippen molar-refractivity contribution in [3.05, 3.63) is 40.4 Å².